The fourth-order valence-electron chi connectivity index (χ4n) is 2.33. The number of hydrogen-bond donors (Lipinski definition) is 0. The van der Waals surface area contributed by atoms with Crippen LogP contribution in [0.15, 0.2) is 0 Å². The molecule has 0 aromatic rings. The maximum atomic E-state index is 2.52. The van der Waals surface area contributed by atoms with Crippen molar-refractivity contribution in [1.82, 2.24) is 0 Å². The summed E-state index contributed by atoms with van der Waals surface area (Å²) in [4.78, 5) is 1.58. The van der Waals surface area contributed by atoms with Crippen molar-refractivity contribution in [2.24, 2.45) is 0 Å². The van der Waals surface area contributed by atoms with E-state index in [4.69, 9.17) is 0 Å². The average Bonchev–Trinajstić information content (AvgIpc) is 1.92. The molecule has 0 spiro atoms. The Hall–Kier alpha value is 1.07. The molecule has 0 aliphatic carbocycles. The standard InChI is InChI=1S/C11H24P.2CH3.Ga/c1-8-9-12(10(2,3)4)11(5,6)7;;;/h1,8-9H2,2-7H3;2*1H3;. The molecular weight excluding hydrogens is 257 g/mol. The molecule has 0 atom stereocenters. The van der Waals surface area contributed by atoms with Crippen LogP contribution in [0.5, 0.6) is 0 Å². The Labute approximate surface area is 104 Å². The molecule has 0 aromatic carbocycles. The van der Waals surface area contributed by atoms with Crippen LogP contribution in [0.1, 0.15) is 48.0 Å². The fraction of sp³-hybridized carbons (Fsp3) is 1.00. The van der Waals surface area contributed by atoms with Gasteiger partial charge >= 0.3 is 105 Å². The first kappa shape index (κ1) is 16.1. The predicted molar refractivity (Wildman–Crippen MR) is 78.2 cm³/mol. The van der Waals surface area contributed by atoms with Gasteiger partial charge in [-0.25, -0.2) is 0 Å². The van der Waals surface area contributed by atoms with Crippen LogP contribution in [0.4, 0.5) is 0 Å². The van der Waals surface area contributed by atoms with Gasteiger partial charge in [-0.05, 0) is 0 Å². The molecule has 0 bridgehead atoms. The SMILES string of the molecule is [CH3][Ga]([CH3])[CH2]CCP(C(C)(C)C)C(C)(C)C. The summed E-state index contributed by atoms with van der Waals surface area (Å²) in [6.07, 6.45) is 2.99. The first-order chi connectivity index (χ1) is 6.55. The van der Waals surface area contributed by atoms with Gasteiger partial charge in [0.25, 0.3) is 0 Å². The Morgan fingerprint density at radius 1 is 0.867 bits per heavy atom. The van der Waals surface area contributed by atoms with E-state index < -0.39 is 16.2 Å². The van der Waals surface area contributed by atoms with Crippen LogP contribution in [0.2, 0.25) is 15.9 Å². The van der Waals surface area contributed by atoms with E-state index in [1.54, 1.807) is 4.98 Å². The van der Waals surface area contributed by atoms with E-state index in [2.05, 4.69) is 52.5 Å². The molecule has 0 fully saturated rings. The molecule has 2 heteroatoms. The van der Waals surface area contributed by atoms with Gasteiger partial charge in [0.05, 0.1) is 0 Å². The molecular formula is C13H30GaP. The van der Waals surface area contributed by atoms with Crippen molar-refractivity contribution in [1.29, 1.82) is 0 Å². The molecule has 0 N–H and O–H groups in total. The van der Waals surface area contributed by atoms with Gasteiger partial charge in [-0.15, -0.1) is 0 Å². The third kappa shape index (κ3) is 7.08. The molecule has 0 aliphatic heterocycles. The predicted octanol–water partition coefficient (Wildman–Crippen LogP) is 5.21. The molecule has 0 amide bonds. The van der Waals surface area contributed by atoms with Crippen molar-refractivity contribution in [3.63, 3.8) is 0 Å². The number of hydrogen-bond acceptors (Lipinski definition) is 0. The van der Waals surface area contributed by atoms with E-state index in [1.165, 1.54) is 12.6 Å². The van der Waals surface area contributed by atoms with Gasteiger partial charge in [-0.3, -0.25) is 0 Å². The normalized spacial score (nSPS) is 13.4. The van der Waals surface area contributed by atoms with Crippen molar-refractivity contribution >= 4 is 24.1 Å². The molecule has 15 heavy (non-hydrogen) atoms. The third-order valence-electron chi connectivity index (χ3n) is 2.78. The van der Waals surface area contributed by atoms with Crippen LogP contribution < -0.4 is 0 Å². The van der Waals surface area contributed by atoms with Crippen molar-refractivity contribution in [3.05, 3.63) is 0 Å². The van der Waals surface area contributed by atoms with Crippen molar-refractivity contribution in [2.45, 2.75) is 74.2 Å². The van der Waals surface area contributed by atoms with Crippen LogP contribution >= 0.6 is 7.92 Å². The second-order valence-electron chi connectivity index (χ2n) is 7.03. The summed E-state index contributed by atoms with van der Waals surface area (Å²) < 4.78 is 0. The summed E-state index contributed by atoms with van der Waals surface area (Å²) in [5.41, 5.74) is 5.03. The van der Waals surface area contributed by atoms with E-state index in [0.717, 1.165) is 0 Å². The molecule has 0 aromatic heterocycles. The first-order valence-electron chi connectivity index (χ1n) is 6.33. The van der Waals surface area contributed by atoms with E-state index in [0.29, 0.717) is 10.3 Å². The molecule has 0 heterocycles. The second kappa shape index (κ2) is 6.12. The monoisotopic (exact) mass is 286 g/mol. The number of rotatable bonds is 4. The Morgan fingerprint density at radius 2 is 1.27 bits per heavy atom. The Balaban J connectivity index is 4.29. The Bertz CT molecular complexity index is 160. The molecule has 0 radical (unpaired) electrons. The van der Waals surface area contributed by atoms with Gasteiger partial charge in [0.1, 0.15) is 0 Å². The van der Waals surface area contributed by atoms with Crippen molar-refractivity contribution < 1.29 is 0 Å². The summed E-state index contributed by atoms with van der Waals surface area (Å²) in [5.74, 6) is 0. The van der Waals surface area contributed by atoms with Gasteiger partial charge in [0, 0.05) is 0 Å². The van der Waals surface area contributed by atoms with Gasteiger partial charge in [0.2, 0.25) is 0 Å². The Kier molecular flexibility index (Phi) is 6.56. The zero-order valence-corrected chi connectivity index (χ0v) is 15.5. The molecule has 0 saturated carbocycles. The van der Waals surface area contributed by atoms with Crippen LogP contribution in [0, 0.1) is 0 Å². The average molecular weight is 287 g/mol. The van der Waals surface area contributed by atoms with Gasteiger partial charge in [0.15, 0.2) is 0 Å². The minimum atomic E-state index is -0.743. The van der Waals surface area contributed by atoms with E-state index in [-0.39, 0.29) is 7.92 Å². The quantitative estimate of drug-likeness (QED) is 0.492. The van der Waals surface area contributed by atoms with Crippen LogP contribution in [-0.4, -0.2) is 32.7 Å². The second-order valence-corrected chi connectivity index (χ2v) is 18.1. The Morgan fingerprint density at radius 3 is 1.53 bits per heavy atom. The van der Waals surface area contributed by atoms with Gasteiger partial charge in [-0.1, -0.05) is 0 Å². The fourth-order valence-corrected chi connectivity index (χ4v) is 9.05. The van der Waals surface area contributed by atoms with E-state index in [1.807, 2.05) is 0 Å². The topological polar surface area (TPSA) is 0 Å². The molecule has 0 saturated heterocycles. The molecule has 90 valence electrons. The molecule has 0 rings (SSSR count). The zero-order chi connectivity index (χ0) is 12.3. The third-order valence-corrected chi connectivity index (χ3v) is 10.1. The van der Waals surface area contributed by atoms with Crippen LogP contribution in [-0.2, 0) is 0 Å². The van der Waals surface area contributed by atoms with Crippen LogP contribution in [0.3, 0.4) is 0 Å². The summed E-state index contributed by atoms with van der Waals surface area (Å²) in [6, 6.07) is 0. The van der Waals surface area contributed by atoms with Crippen molar-refractivity contribution in [2.75, 3.05) is 6.16 Å². The van der Waals surface area contributed by atoms with E-state index >= 15 is 0 Å². The summed E-state index contributed by atoms with van der Waals surface area (Å²) in [7, 11) is 0.157. The van der Waals surface area contributed by atoms with Crippen LogP contribution in [0.25, 0.3) is 0 Å². The van der Waals surface area contributed by atoms with E-state index in [9.17, 15) is 0 Å². The summed E-state index contributed by atoms with van der Waals surface area (Å²) in [6.45, 7) is 14.6. The molecule has 0 nitrogen and oxygen atoms in total. The van der Waals surface area contributed by atoms with Crippen molar-refractivity contribution in [3.8, 4) is 0 Å². The summed E-state index contributed by atoms with van der Waals surface area (Å²) in [5, 5.41) is 1.05. The summed E-state index contributed by atoms with van der Waals surface area (Å²) >= 11 is -0.743. The van der Waals surface area contributed by atoms with Gasteiger partial charge in [-0.2, -0.15) is 0 Å². The molecule has 0 unspecified atom stereocenters. The molecule has 0 aliphatic rings. The minimum absolute atomic E-state index is 0.157. The zero-order valence-electron chi connectivity index (χ0n) is 12.1. The first-order valence-corrected chi connectivity index (χ1v) is 14.4. The van der Waals surface area contributed by atoms with Gasteiger partial charge < -0.3 is 0 Å². The maximum absolute atomic E-state index is 2.52.